The Kier molecular flexibility index (Phi) is 5.79. The van der Waals surface area contributed by atoms with Gasteiger partial charge in [-0.05, 0) is 36.6 Å². The second-order valence-electron chi connectivity index (χ2n) is 5.80. The zero-order valence-electron chi connectivity index (χ0n) is 14.0. The van der Waals surface area contributed by atoms with E-state index in [1.54, 1.807) is 25.1 Å². The van der Waals surface area contributed by atoms with E-state index in [4.69, 9.17) is 4.74 Å². The van der Waals surface area contributed by atoms with Crippen LogP contribution in [0.3, 0.4) is 0 Å². The minimum absolute atomic E-state index is 0.0510. The topological polar surface area (TPSA) is 49.9 Å². The maximum absolute atomic E-state index is 12.3. The SMILES string of the molecule is COc1ccc(C(C)=CC(=O)N(C)CCN2CCCC2=O)cc1. The van der Waals surface area contributed by atoms with Crippen LogP contribution < -0.4 is 4.74 Å². The van der Waals surface area contributed by atoms with E-state index >= 15 is 0 Å². The first-order chi connectivity index (χ1) is 11.0. The highest BCUT2D eigenvalue weighted by Crippen LogP contribution is 2.18. The van der Waals surface area contributed by atoms with Crippen molar-refractivity contribution in [1.82, 2.24) is 9.80 Å². The molecule has 1 aromatic carbocycles. The van der Waals surface area contributed by atoms with Gasteiger partial charge in [0.2, 0.25) is 11.8 Å². The molecule has 0 saturated carbocycles. The van der Waals surface area contributed by atoms with Crippen LogP contribution in [-0.4, -0.2) is 55.4 Å². The zero-order chi connectivity index (χ0) is 16.8. The highest BCUT2D eigenvalue weighted by molar-refractivity contribution is 5.94. The van der Waals surface area contributed by atoms with Gasteiger partial charge in [0.15, 0.2) is 0 Å². The maximum Gasteiger partial charge on any atom is 0.246 e. The molecule has 0 spiro atoms. The van der Waals surface area contributed by atoms with Gasteiger partial charge in [-0.2, -0.15) is 0 Å². The van der Waals surface area contributed by atoms with Gasteiger partial charge in [0, 0.05) is 39.2 Å². The van der Waals surface area contributed by atoms with Crippen LogP contribution in [0.25, 0.3) is 5.57 Å². The van der Waals surface area contributed by atoms with Gasteiger partial charge in [-0.15, -0.1) is 0 Å². The molecule has 0 bridgehead atoms. The summed E-state index contributed by atoms with van der Waals surface area (Å²) < 4.78 is 5.13. The maximum atomic E-state index is 12.3. The fourth-order valence-electron chi connectivity index (χ4n) is 2.55. The lowest BCUT2D eigenvalue weighted by Crippen LogP contribution is -2.36. The lowest BCUT2D eigenvalue weighted by atomic mass is 10.1. The van der Waals surface area contributed by atoms with E-state index in [-0.39, 0.29) is 11.8 Å². The fourth-order valence-corrected chi connectivity index (χ4v) is 2.55. The predicted molar refractivity (Wildman–Crippen MR) is 90.1 cm³/mol. The Labute approximate surface area is 137 Å². The van der Waals surface area contributed by atoms with Crippen molar-refractivity contribution >= 4 is 17.4 Å². The molecule has 0 unspecified atom stereocenters. The Morgan fingerprint density at radius 2 is 2.04 bits per heavy atom. The fraction of sp³-hybridized carbons (Fsp3) is 0.444. The lowest BCUT2D eigenvalue weighted by Gasteiger charge is -2.21. The number of likely N-dealkylation sites (tertiary alicyclic amines) is 1. The zero-order valence-corrected chi connectivity index (χ0v) is 14.0. The van der Waals surface area contributed by atoms with Crippen LogP contribution in [0.2, 0.25) is 0 Å². The van der Waals surface area contributed by atoms with E-state index in [0.29, 0.717) is 19.5 Å². The van der Waals surface area contributed by atoms with Crippen molar-refractivity contribution in [1.29, 1.82) is 0 Å². The first kappa shape index (κ1) is 17.1. The quantitative estimate of drug-likeness (QED) is 0.756. The highest BCUT2D eigenvalue weighted by Gasteiger charge is 2.20. The van der Waals surface area contributed by atoms with Gasteiger partial charge in [-0.3, -0.25) is 9.59 Å². The van der Waals surface area contributed by atoms with Gasteiger partial charge in [-0.25, -0.2) is 0 Å². The van der Waals surface area contributed by atoms with E-state index in [1.165, 1.54) is 0 Å². The number of amides is 2. The number of nitrogens with zero attached hydrogens (tertiary/aromatic N) is 2. The number of rotatable bonds is 6. The van der Waals surface area contributed by atoms with Crippen molar-refractivity contribution in [2.45, 2.75) is 19.8 Å². The summed E-state index contributed by atoms with van der Waals surface area (Å²) in [6.07, 6.45) is 3.19. The molecule has 1 aromatic rings. The monoisotopic (exact) mass is 316 g/mol. The predicted octanol–water partition coefficient (Wildman–Crippen LogP) is 2.18. The van der Waals surface area contributed by atoms with Gasteiger partial charge in [0.05, 0.1) is 7.11 Å². The van der Waals surface area contributed by atoms with Crippen molar-refractivity contribution in [3.8, 4) is 5.75 Å². The molecule has 5 nitrogen and oxygen atoms in total. The molecule has 1 fully saturated rings. The summed E-state index contributed by atoms with van der Waals surface area (Å²) in [4.78, 5) is 27.3. The Morgan fingerprint density at radius 1 is 1.35 bits per heavy atom. The molecule has 1 aliphatic rings. The minimum atomic E-state index is -0.0510. The van der Waals surface area contributed by atoms with Crippen LogP contribution in [0, 0.1) is 0 Å². The van der Waals surface area contributed by atoms with E-state index in [1.807, 2.05) is 36.1 Å². The van der Waals surface area contributed by atoms with Crippen LogP contribution >= 0.6 is 0 Å². The van der Waals surface area contributed by atoms with Crippen molar-refractivity contribution in [3.63, 3.8) is 0 Å². The third-order valence-electron chi connectivity index (χ3n) is 4.14. The molecule has 5 heteroatoms. The van der Waals surface area contributed by atoms with E-state index in [2.05, 4.69) is 0 Å². The molecule has 124 valence electrons. The van der Waals surface area contributed by atoms with Crippen molar-refractivity contribution in [3.05, 3.63) is 35.9 Å². The van der Waals surface area contributed by atoms with Gasteiger partial charge in [0.1, 0.15) is 5.75 Å². The number of hydrogen-bond acceptors (Lipinski definition) is 3. The first-order valence-corrected chi connectivity index (χ1v) is 7.87. The van der Waals surface area contributed by atoms with Crippen molar-refractivity contribution in [2.24, 2.45) is 0 Å². The molecular weight excluding hydrogens is 292 g/mol. The summed E-state index contributed by atoms with van der Waals surface area (Å²) in [6, 6.07) is 7.61. The molecule has 1 heterocycles. The summed E-state index contributed by atoms with van der Waals surface area (Å²) in [5, 5.41) is 0. The van der Waals surface area contributed by atoms with Crippen LogP contribution in [0.4, 0.5) is 0 Å². The summed E-state index contributed by atoms with van der Waals surface area (Å²) in [5.74, 6) is 0.932. The number of ether oxygens (including phenoxy) is 1. The smallest absolute Gasteiger partial charge is 0.246 e. The molecule has 1 aliphatic heterocycles. The molecule has 23 heavy (non-hydrogen) atoms. The molecule has 2 rings (SSSR count). The number of carbonyl (C=O) groups is 2. The molecule has 0 atom stereocenters. The Morgan fingerprint density at radius 3 is 2.61 bits per heavy atom. The molecule has 0 aliphatic carbocycles. The second kappa shape index (κ2) is 7.81. The third-order valence-corrected chi connectivity index (χ3v) is 4.14. The first-order valence-electron chi connectivity index (χ1n) is 7.87. The summed E-state index contributed by atoms with van der Waals surface area (Å²) >= 11 is 0. The molecule has 2 amide bonds. The van der Waals surface area contributed by atoms with Gasteiger partial charge >= 0.3 is 0 Å². The molecule has 1 saturated heterocycles. The van der Waals surface area contributed by atoms with Crippen molar-refractivity contribution < 1.29 is 14.3 Å². The average Bonchev–Trinajstić information content (AvgIpc) is 2.97. The summed E-state index contributed by atoms with van der Waals surface area (Å²) in [6.45, 7) is 3.88. The number of benzene rings is 1. The number of carbonyl (C=O) groups excluding carboxylic acids is 2. The second-order valence-corrected chi connectivity index (χ2v) is 5.80. The van der Waals surface area contributed by atoms with Crippen LogP contribution in [0.5, 0.6) is 5.75 Å². The Hall–Kier alpha value is -2.30. The lowest BCUT2D eigenvalue weighted by molar-refractivity contribution is -0.130. The number of allylic oxidation sites excluding steroid dienone is 1. The third kappa shape index (κ3) is 4.58. The summed E-state index contributed by atoms with van der Waals surface area (Å²) in [5.41, 5.74) is 1.89. The standard InChI is InChI=1S/C18H24N2O3/c1-14(15-6-8-16(23-3)9-7-15)13-18(22)19(2)11-12-20-10-4-5-17(20)21/h6-9,13H,4-5,10-12H2,1-3H3. The number of hydrogen-bond donors (Lipinski definition) is 0. The Balaban J connectivity index is 1.91. The number of likely N-dealkylation sites (N-methyl/N-ethyl adjacent to an activating group) is 1. The van der Waals surface area contributed by atoms with Gasteiger partial charge in [0.25, 0.3) is 0 Å². The van der Waals surface area contributed by atoms with Crippen molar-refractivity contribution in [2.75, 3.05) is 33.8 Å². The van der Waals surface area contributed by atoms with Gasteiger partial charge in [-0.1, -0.05) is 12.1 Å². The average molecular weight is 316 g/mol. The highest BCUT2D eigenvalue weighted by atomic mass is 16.5. The van der Waals surface area contributed by atoms with E-state index in [0.717, 1.165) is 29.9 Å². The van der Waals surface area contributed by atoms with Gasteiger partial charge < -0.3 is 14.5 Å². The summed E-state index contributed by atoms with van der Waals surface area (Å²) in [7, 11) is 3.39. The minimum Gasteiger partial charge on any atom is -0.497 e. The van der Waals surface area contributed by atoms with E-state index in [9.17, 15) is 9.59 Å². The largest absolute Gasteiger partial charge is 0.497 e. The number of methoxy groups -OCH3 is 1. The van der Waals surface area contributed by atoms with Crippen LogP contribution in [-0.2, 0) is 9.59 Å². The normalized spacial score (nSPS) is 15.0. The van der Waals surface area contributed by atoms with E-state index < -0.39 is 0 Å². The molecule has 0 radical (unpaired) electrons. The molecule has 0 N–H and O–H groups in total. The Bertz CT molecular complexity index is 593. The van der Waals surface area contributed by atoms with Crippen LogP contribution in [0.1, 0.15) is 25.3 Å². The molecular formula is C18H24N2O3. The molecule has 0 aromatic heterocycles. The van der Waals surface area contributed by atoms with Crippen LogP contribution in [0.15, 0.2) is 30.3 Å².